The molecule has 0 unspecified atom stereocenters. The van der Waals surface area contributed by atoms with Crippen LogP contribution in [-0.4, -0.2) is 9.55 Å². The molecule has 0 amide bonds. The Labute approximate surface area is 227 Å². The average molecular weight is 499 g/mol. The van der Waals surface area contributed by atoms with Gasteiger partial charge in [-0.25, -0.2) is 4.98 Å². The van der Waals surface area contributed by atoms with E-state index in [1.54, 1.807) is 0 Å². The number of fused-ring (bicyclic) bond motifs is 5. The number of imidazole rings is 1. The summed E-state index contributed by atoms with van der Waals surface area (Å²) < 4.78 is 2.30. The van der Waals surface area contributed by atoms with E-state index < -0.39 is 0 Å². The average Bonchev–Trinajstić information content (AvgIpc) is 3.40. The third-order valence-electron chi connectivity index (χ3n) is 8.02. The molecule has 184 valence electrons. The molecule has 0 saturated carbocycles. The standard InChI is InChI=1S/C37H26N2/c1-2-11-30(12-3-1)39-36-16-7-6-15-35(36)38-37(39)26-19-17-25(18-20-26)31-13-8-14-32-33(31)22-21-29-23-27-9-4-5-10-28(27)24-34(29)32/h1-5,7-14,16-24H,6,15H2. The molecule has 2 heteroatoms. The van der Waals surface area contributed by atoms with Gasteiger partial charge in [0.2, 0.25) is 0 Å². The minimum atomic E-state index is 0.982. The van der Waals surface area contributed by atoms with Crippen LogP contribution in [-0.2, 0) is 6.42 Å². The number of rotatable bonds is 3. The monoisotopic (exact) mass is 498 g/mol. The predicted molar refractivity (Wildman–Crippen MR) is 164 cm³/mol. The van der Waals surface area contributed by atoms with Crippen LogP contribution >= 0.6 is 0 Å². The Morgan fingerprint density at radius 3 is 2.18 bits per heavy atom. The molecule has 1 aliphatic carbocycles. The molecule has 2 nitrogen and oxygen atoms in total. The molecule has 0 aliphatic heterocycles. The van der Waals surface area contributed by atoms with Crippen molar-refractivity contribution in [3.63, 3.8) is 0 Å². The van der Waals surface area contributed by atoms with Crippen molar-refractivity contribution in [3.05, 3.63) is 139 Å². The predicted octanol–water partition coefficient (Wildman–Crippen LogP) is 9.63. The van der Waals surface area contributed by atoms with Crippen LogP contribution in [0.15, 0.2) is 127 Å². The molecule has 0 radical (unpaired) electrons. The molecule has 0 spiro atoms. The van der Waals surface area contributed by atoms with Crippen LogP contribution in [0.25, 0.3) is 66.6 Å². The molecular formula is C37H26N2. The lowest BCUT2D eigenvalue weighted by atomic mass is 9.93. The number of para-hydroxylation sites is 1. The summed E-state index contributed by atoms with van der Waals surface area (Å²) in [7, 11) is 0. The molecule has 39 heavy (non-hydrogen) atoms. The number of aryl methyl sites for hydroxylation is 1. The topological polar surface area (TPSA) is 17.8 Å². The van der Waals surface area contributed by atoms with E-state index >= 15 is 0 Å². The van der Waals surface area contributed by atoms with Crippen LogP contribution in [0.3, 0.4) is 0 Å². The molecule has 8 rings (SSSR count). The van der Waals surface area contributed by atoms with Crippen molar-refractivity contribution >= 4 is 38.4 Å². The smallest absolute Gasteiger partial charge is 0.145 e. The van der Waals surface area contributed by atoms with Crippen molar-refractivity contribution in [1.29, 1.82) is 0 Å². The highest BCUT2D eigenvalue weighted by molar-refractivity contribution is 6.15. The summed E-state index contributed by atoms with van der Waals surface area (Å²) in [5.41, 5.74) is 7.11. The molecule has 0 fully saturated rings. The molecule has 1 heterocycles. The van der Waals surface area contributed by atoms with E-state index in [2.05, 4.69) is 138 Å². The van der Waals surface area contributed by atoms with Gasteiger partial charge in [0, 0.05) is 11.3 Å². The van der Waals surface area contributed by atoms with Crippen molar-refractivity contribution in [2.45, 2.75) is 12.8 Å². The van der Waals surface area contributed by atoms with Crippen LogP contribution in [0.4, 0.5) is 0 Å². The first-order chi connectivity index (χ1) is 19.3. The van der Waals surface area contributed by atoms with Crippen molar-refractivity contribution in [2.75, 3.05) is 0 Å². The highest BCUT2D eigenvalue weighted by atomic mass is 15.1. The maximum atomic E-state index is 5.12. The summed E-state index contributed by atoms with van der Waals surface area (Å²) in [6.45, 7) is 0. The first-order valence-electron chi connectivity index (χ1n) is 13.6. The highest BCUT2D eigenvalue weighted by Gasteiger charge is 2.19. The van der Waals surface area contributed by atoms with Gasteiger partial charge in [-0.05, 0) is 86.6 Å². The minimum Gasteiger partial charge on any atom is -0.293 e. The third kappa shape index (κ3) is 3.60. The SMILES string of the molecule is C1=Cc2c(nc(-c3ccc(-c4cccc5c4ccc4cc6ccccc6cc45)cc3)n2-c2ccccc2)CC1. The maximum absolute atomic E-state index is 5.12. The van der Waals surface area contributed by atoms with Crippen molar-refractivity contribution in [1.82, 2.24) is 9.55 Å². The summed E-state index contributed by atoms with van der Waals surface area (Å²) in [4.78, 5) is 5.12. The fraction of sp³-hybridized carbons (Fsp3) is 0.0541. The lowest BCUT2D eigenvalue weighted by molar-refractivity contribution is 0.936. The van der Waals surface area contributed by atoms with Gasteiger partial charge >= 0.3 is 0 Å². The largest absolute Gasteiger partial charge is 0.293 e. The van der Waals surface area contributed by atoms with Crippen LogP contribution in [0.2, 0.25) is 0 Å². The molecule has 1 aliphatic rings. The molecule has 0 N–H and O–H groups in total. The second-order valence-corrected chi connectivity index (χ2v) is 10.3. The highest BCUT2D eigenvalue weighted by Crippen LogP contribution is 2.36. The quantitative estimate of drug-likeness (QED) is 0.175. The summed E-state index contributed by atoms with van der Waals surface area (Å²) in [5.74, 6) is 1.00. The summed E-state index contributed by atoms with van der Waals surface area (Å²) in [6.07, 6.45) is 6.50. The van der Waals surface area contributed by atoms with Gasteiger partial charge in [-0.1, -0.05) is 103 Å². The zero-order valence-electron chi connectivity index (χ0n) is 21.5. The number of nitrogens with zero attached hydrogens (tertiary/aromatic N) is 2. The second kappa shape index (κ2) is 8.82. The van der Waals surface area contributed by atoms with Crippen molar-refractivity contribution in [2.24, 2.45) is 0 Å². The van der Waals surface area contributed by atoms with Crippen LogP contribution in [0.5, 0.6) is 0 Å². The van der Waals surface area contributed by atoms with Crippen LogP contribution < -0.4 is 0 Å². The number of benzene rings is 6. The first kappa shape index (κ1) is 22.1. The summed E-state index contributed by atoms with van der Waals surface area (Å²) >= 11 is 0. The lowest BCUT2D eigenvalue weighted by Crippen LogP contribution is -2.01. The Morgan fingerprint density at radius 2 is 1.33 bits per heavy atom. The van der Waals surface area contributed by atoms with E-state index in [4.69, 9.17) is 4.98 Å². The molecule has 7 aromatic rings. The first-order valence-corrected chi connectivity index (χ1v) is 13.6. The van der Waals surface area contributed by atoms with E-state index in [1.165, 1.54) is 54.8 Å². The molecule has 0 atom stereocenters. The maximum Gasteiger partial charge on any atom is 0.145 e. The number of hydrogen-bond donors (Lipinski definition) is 0. The van der Waals surface area contributed by atoms with Crippen molar-refractivity contribution in [3.8, 4) is 28.2 Å². The van der Waals surface area contributed by atoms with E-state index in [1.807, 2.05) is 0 Å². The van der Waals surface area contributed by atoms with Gasteiger partial charge in [0.25, 0.3) is 0 Å². The molecule has 0 saturated heterocycles. The zero-order valence-corrected chi connectivity index (χ0v) is 21.5. The Balaban J connectivity index is 1.25. The number of hydrogen-bond acceptors (Lipinski definition) is 1. The van der Waals surface area contributed by atoms with Gasteiger partial charge < -0.3 is 0 Å². The Bertz CT molecular complexity index is 2040. The molecule has 6 aromatic carbocycles. The number of allylic oxidation sites excluding steroid dienone is 1. The van der Waals surface area contributed by atoms with Crippen molar-refractivity contribution < 1.29 is 0 Å². The molecule has 1 aromatic heterocycles. The van der Waals surface area contributed by atoms with E-state index in [9.17, 15) is 0 Å². The van der Waals surface area contributed by atoms with Gasteiger partial charge in [-0.15, -0.1) is 0 Å². The van der Waals surface area contributed by atoms with Gasteiger partial charge in [0.05, 0.1) is 11.4 Å². The fourth-order valence-corrected chi connectivity index (χ4v) is 6.11. The van der Waals surface area contributed by atoms with Gasteiger partial charge in [0.15, 0.2) is 0 Å². The van der Waals surface area contributed by atoms with E-state index in [-0.39, 0.29) is 0 Å². The van der Waals surface area contributed by atoms with Gasteiger partial charge in [-0.2, -0.15) is 0 Å². The van der Waals surface area contributed by atoms with Crippen LogP contribution in [0.1, 0.15) is 17.8 Å². The lowest BCUT2D eigenvalue weighted by Gasteiger charge is -2.13. The summed E-state index contributed by atoms with van der Waals surface area (Å²) in [5, 5.41) is 7.70. The third-order valence-corrected chi connectivity index (χ3v) is 8.02. The van der Waals surface area contributed by atoms with Gasteiger partial charge in [0.1, 0.15) is 5.82 Å². The fourth-order valence-electron chi connectivity index (χ4n) is 6.11. The second-order valence-electron chi connectivity index (χ2n) is 10.3. The Kier molecular flexibility index (Phi) is 4.99. The van der Waals surface area contributed by atoms with Gasteiger partial charge in [-0.3, -0.25) is 4.57 Å². The molecule has 0 bridgehead atoms. The van der Waals surface area contributed by atoms with E-state index in [0.29, 0.717) is 0 Å². The number of aromatic nitrogens is 2. The Morgan fingerprint density at radius 1 is 0.564 bits per heavy atom. The van der Waals surface area contributed by atoms with E-state index in [0.717, 1.165) is 29.9 Å². The normalized spacial score (nSPS) is 12.8. The summed E-state index contributed by atoms with van der Waals surface area (Å²) in [6, 6.07) is 43.9. The minimum absolute atomic E-state index is 0.982. The Hall–Kier alpha value is -4.95. The molecular weight excluding hydrogens is 472 g/mol. The zero-order chi connectivity index (χ0) is 25.8. The van der Waals surface area contributed by atoms with Crippen LogP contribution in [0, 0.1) is 0 Å².